The molecule has 0 aliphatic carbocycles. The lowest BCUT2D eigenvalue weighted by Crippen LogP contribution is -2.22. The SMILES string of the molecule is CN(c1cccnc1)S(C)(=N)=N. The van der Waals surface area contributed by atoms with Crippen molar-refractivity contribution in [3.05, 3.63) is 24.5 Å². The Balaban J connectivity index is 3.02. The molecule has 66 valence electrons. The van der Waals surface area contributed by atoms with Gasteiger partial charge in [0, 0.05) is 29.3 Å². The number of hydrogen-bond donors (Lipinski definition) is 2. The van der Waals surface area contributed by atoms with Gasteiger partial charge in [-0.2, -0.15) is 0 Å². The second-order valence-electron chi connectivity index (χ2n) is 2.58. The predicted octanol–water partition coefficient (Wildman–Crippen LogP) is 1.74. The van der Waals surface area contributed by atoms with E-state index in [1.165, 1.54) is 0 Å². The third-order valence-electron chi connectivity index (χ3n) is 1.56. The lowest BCUT2D eigenvalue weighted by atomic mass is 10.4. The maximum atomic E-state index is 7.52. The van der Waals surface area contributed by atoms with Gasteiger partial charge < -0.3 is 4.31 Å². The summed E-state index contributed by atoms with van der Waals surface area (Å²) in [7, 11) is -0.420. The van der Waals surface area contributed by atoms with Crippen LogP contribution in [0.5, 0.6) is 0 Å². The predicted molar refractivity (Wildman–Crippen MR) is 51.4 cm³/mol. The number of rotatable bonds is 2. The van der Waals surface area contributed by atoms with Gasteiger partial charge in [-0.3, -0.25) is 14.5 Å². The Kier molecular flexibility index (Phi) is 2.32. The summed E-state index contributed by atoms with van der Waals surface area (Å²) >= 11 is 0. The Morgan fingerprint density at radius 2 is 2.17 bits per heavy atom. The Morgan fingerprint density at radius 3 is 2.58 bits per heavy atom. The highest BCUT2D eigenvalue weighted by molar-refractivity contribution is 7.94. The van der Waals surface area contributed by atoms with E-state index in [2.05, 4.69) is 4.98 Å². The normalized spacial score (nSPS) is 11.2. The zero-order chi connectivity index (χ0) is 9.19. The van der Waals surface area contributed by atoms with Crippen LogP contribution in [-0.4, -0.2) is 18.3 Å². The van der Waals surface area contributed by atoms with Gasteiger partial charge in [0.05, 0.1) is 11.9 Å². The molecule has 4 nitrogen and oxygen atoms in total. The van der Waals surface area contributed by atoms with Gasteiger partial charge in [-0.25, -0.2) is 0 Å². The molecule has 0 atom stereocenters. The first-order valence-electron chi connectivity index (χ1n) is 3.43. The molecular weight excluding hydrogens is 172 g/mol. The molecule has 0 spiro atoms. The van der Waals surface area contributed by atoms with Crippen molar-refractivity contribution in [3.63, 3.8) is 0 Å². The van der Waals surface area contributed by atoms with Crippen molar-refractivity contribution in [2.75, 3.05) is 17.6 Å². The summed E-state index contributed by atoms with van der Waals surface area (Å²) in [5.41, 5.74) is 0.819. The van der Waals surface area contributed by atoms with Crippen LogP contribution < -0.4 is 4.31 Å². The molecule has 0 amide bonds. The summed E-state index contributed by atoms with van der Waals surface area (Å²) in [5, 5.41) is 0. The Morgan fingerprint density at radius 1 is 1.50 bits per heavy atom. The molecule has 0 bridgehead atoms. The topological polar surface area (TPSA) is 63.8 Å². The standard InChI is InChI=1S/C7H12N4S/c1-11(12(2,8)9)7-4-3-5-10-6-7/h3-6,8-9H,1-2H3. The molecule has 0 aromatic carbocycles. The van der Waals surface area contributed by atoms with Crippen LogP contribution in [0.15, 0.2) is 24.5 Å². The molecule has 1 rings (SSSR count). The van der Waals surface area contributed by atoms with Crippen LogP contribution in [-0.2, 0) is 9.81 Å². The molecule has 0 fully saturated rings. The number of pyridine rings is 1. The number of nitrogens with one attached hydrogen (secondary N) is 2. The Labute approximate surface area is 72.8 Å². The van der Waals surface area contributed by atoms with Crippen LogP contribution in [0.1, 0.15) is 0 Å². The Hall–Kier alpha value is -1.10. The first kappa shape index (κ1) is 8.99. The number of nitrogens with zero attached hydrogens (tertiary/aromatic N) is 2. The van der Waals surface area contributed by atoms with Crippen molar-refractivity contribution in [1.29, 1.82) is 9.56 Å². The van der Waals surface area contributed by atoms with Gasteiger partial charge in [0.25, 0.3) is 0 Å². The second kappa shape index (κ2) is 3.10. The van der Waals surface area contributed by atoms with Crippen molar-refractivity contribution in [3.8, 4) is 0 Å². The maximum absolute atomic E-state index is 7.52. The zero-order valence-corrected chi connectivity index (χ0v) is 7.93. The lowest BCUT2D eigenvalue weighted by molar-refractivity contribution is 1.24. The van der Waals surface area contributed by atoms with Gasteiger partial charge in [0.15, 0.2) is 0 Å². The quantitative estimate of drug-likeness (QED) is 0.735. The van der Waals surface area contributed by atoms with Crippen LogP contribution in [0.4, 0.5) is 5.69 Å². The Bertz CT molecular complexity index is 343. The summed E-state index contributed by atoms with van der Waals surface area (Å²) in [6.45, 7) is 0. The third kappa shape index (κ3) is 1.94. The van der Waals surface area contributed by atoms with E-state index in [1.807, 2.05) is 6.07 Å². The minimum atomic E-state index is -2.16. The van der Waals surface area contributed by atoms with Gasteiger partial charge in [-0.05, 0) is 12.1 Å². The monoisotopic (exact) mass is 184 g/mol. The van der Waals surface area contributed by atoms with Crippen molar-refractivity contribution >= 4 is 15.5 Å². The fourth-order valence-corrected chi connectivity index (χ4v) is 1.28. The molecule has 12 heavy (non-hydrogen) atoms. The molecule has 1 aromatic heterocycles. The van der Waals surface area contributed by atoms with E-state index in [0.717, 1.165) is 5.69 Å². The van der Waals surface area contributed by atoms with E-state index in [9.17, 15) is 0 Å². The van der Waals surface area contributed by atoms with Crippen LogP contribution in [0.2, 0.25) is 0 Å². The zero-order valence-electron chi connectivity index (χ0n) is 7.11. The number of aromatic nitrogens is 1. The maximum Gasteiger partial charge on any atom is 0.0665 e. The number of hydrogen-bond acceptors (Lipinski definition) is 3. The van der Waals surface area contributed by atoms with E-state index in [-0.39, 0.29) is 0 Å². The fourth-order valence-electron chi connectivity index (χ4n) is 0.751. The summed E-state index contributed by atoms with van der Waals surface area (Å²) in [6.07, 6.45) is 4.94. The molecule has 0 radical (unpaired) electrons. The van der Waals surface area contributed by atoms with Crippen LogP contribution >= 0.6 is 0 Å². The van der Waals surface area contributed by atoms with E-state index >= 15 is 0 Å². The summed E-state index contributed by atoms with van der Waals surface area (Å²) in [6, 6.07) is 3.65. The number of anilines is 1. The van der Waals surface area contributed by atoms with Crippen LogP contribution in [0.25, 0.3) is 0 Å². The highest BCUT2D eigenvalue weighted by atomic mass is 32.2. The minimum absolute atomic E-state index is 0.819. The average molecular weight is 184 g/mol. The highest BCUT2D eigenvalue weighted by Gasteiger charge is 2.03. The van der Waals surface area contributed by atoms with Crippen LogP contribution in [0.3, 0.4) is 0 Å². The van der Waals surface area contributed by atoms with Gasteiger partial charge in [0.2, 0.25) is 0 Å². The van der Waals surface area contributed by atoms with Crippen molar-refractivity contribution in [2.24, 2.45) is 0 Å². The third-order valence-corrected chi connectivity index (χ3v) is 2.86. The molecular formula is C7H12N4S. The fraction of sp³-hybridized carbons (Fsp3) is 0.286. The van der Waals surface area contributed by atoms with Gasteiger partial charge in [-0.15, -0.1) is 0 Å². The van der Waals surface area contributed by atoms with E-state index in [0.29, 0.717) is 0 Å². The van der Waals surface area contributed by atoms with Gasteiger partial charge in [0.1, 0.15) is 0 Å². The molecule has 0 unspecified atom stereocenters. The molecule has 0 aliphatic rings. The molecule has 1 heterocycles. The second-order valence-corrected chi connectivity index (χ2v) is 4.88. The van der Waals surface area contributed by atoms with Crippen molar-refractivity contribution in [1.82, 2.24) is 4.98 Å². The summed E-state index contributed by atoms with van der Waals surface area (Å²) < 4.78 is 16.7. The molecule has 0 saturated carbocycles. The average Bonchev–Trinajstić information content (AvgIpc) is 2.03. The molecule has 1 aromatic rings. The lowest BCUT2D eigenvalue weighted by Gasteiger charge is -2.21. The van der Waals surface area contributed by atoms with E-state index < -0.39 is 9.81 Å². The van der Waals surface area contributed by atoms with Crippen LogP contribution in [0, 0.1) is 9.56 Å². The first-order valence-corrected chi connectivity index (χ1v) is 5.43. The van der Waals surface area contributed by atoms with Crippen molar-refractivity contribution in [2.45, 2.75) is 0 Å². The minimum Gasteiger partial charge on any atom is -0.303 e. The molecule has 2 N–H and O–H groups in total. The summed E-state index contributed by atoms with van der Waals surface area (Å²) in [5.74, 6) is 0. The van der Waals surface area contributed by atoms with Gasteiger partial charge in [-0.1, -0.05) is 0 Å². The molecule has 0 aliphatic heterocycles. The smallest absolute Gasteiger partial charge is 0.0665 e. The summed E-state index contributed by atoms with van der Waals surface area (Å²) in [4.78, 5) is 3.92. The molecule has 0 saturated heterocycles. The largest absolute Gasteiger partial charge is 0.303 e. The highest BCUT2D eigenvalue weighted by Crippen LogP contribution is 2.12. The first-order chi connectivity index (χ1) is 5.52. The van der Waals surface area contributed by atoms with Gasteiger partial charge >= 0.3 is 0 Å². The van der Waals surface area contributed by atoms with E-state index in [1.54, 1.807) is 36.1 Å². The van der Waals surface area contributed by atoms with E-state index in [4.69, 9.17) is 9.56 Å². The molecule has 5 heteroatoms. The van der Waals surface area contributed by atoms with Crippen molar-refractivity contribution < 1.29 is 0 Å².